The summed E-state index contributed by atoms with van der Waals surface area (Å²) < 4.78 is 32.5. The first-order chi connectivity index (χ1) is 13.7. The van der Waals surface area contributed by atoms with Crippen LogP contribution in [0.1, 0.15) is 45.6 Å². The van der Waals surface area contributed by atoms with Crippen LogP contribution in [0.3, 0.4) is 0 Å². The van der Waals surface area contributed by atoms with Crippen LogP contribution >= 0.6 is 0 Å². The summed E-state index contributed by atoms with van der Waals surface area (Å²) in [4.78, 5) is 13.1. The molecule has 0 saturated carbocycles. The molecule has 3 rings (SSSR count). The Morgan fingerprint density at radius 3 is 2.31 bits per heavy atom. The van der Waals surface area contributed by atoms with Gasteiger partial charge in [0.1, 0.15) is 0 Å². The second-order valence-corrected chi connectivity index (χ2v) is 9.47. The van der Waals surface area contributed by atoms with Crippen LogP contribution in [0.4, 0.5) is 0 Å². The molecule has 0 spiro atoms. The molecule has 1 fully saturated rings. The minimum atomic E-state index is -3.65. The Bertz CT molecular complexity index is 1010. The molecule has 1 heterocycles. The van der Waals surface area contributed by atoms with Crippen LogP contribution in [0.2, 0.25) is 0 Å². The number of carbonyl (C=O) groups excluding carboxylic acids is 1. The Morgan fingerprint density at radius 2 is 1.66 bits per heavy atom. The number of nitrogens with zero attached hydrogens (tertiary/aromatic N) is 1. The number of carbonyl (C=O) groups is 1. The molecule has 0 unspecified atom stereocenters. The minimum Gasteiger partial charge on any atom is -0.379 e. The first kappa shape index (κ1) is 21.5. The molecule has 0 radical (unpaired) electrons. The molecule has 1 aliphatic heterocycles. The van der Waals surface area contributed by atoms with Crippen molar-refractivity contribution in [1.82, 2.24) is 9.62 Å². The van der Waals surface area contributed by atoms with Crippen LogP contribution in [0, 0.1) is 20.8 Å². The van der Waals surface area contributed by atoms with E-state index in [1.54, 1.807) is 19.1 Å². The number of nitrogens with one attached hydrogen (secondary N) is 1. The van der Waals surface area contributed by atoms with E-state index in [1.807, 2.05) is 32.9 Å². The lowest BCUT2D eigenvalue weighted by molar-refractivity contribution is 0.0730. The quantitative estimate of drug-likeness (QED) is 0.813. The van der Waals surface area contributed by atoms with Gasteiger partial charge in [-0.2, -0.15) is 4.31 Å². The van der Waals surface area contributed by atoms with E-state index in [-0.39, 0.29) is 16.8 Å². The number of amides is 1. The van der Waals surface area contributed by atoms with Gasteiger partial charge in [-0.25, -0.2) is 8.42 Å². The van der Waals surface area contributed by atoms with Gasteiger partial charge in [0.05, 0.1) is 24.2 Å². The maximum absolute atomic E-state index is 12.9. The first-order valence-electron chi connectivity index (χ1n) is 9.76. The van der Waals surface area contributed by atoms with Crippen molar-refractivity contribution in [2.45, 2.75) is 38.6 Å². The highest BCUT2D eigenvalue weighted by Gasteiger charge is 2.27. The third kappa shape index (κ3) is 4.69. The molecule has 1 aliphatic rings. The van der Waals surface area contributed by atoms with Gasteiger partial charge < -0.3 is 10.1 Å². The van der Waals surface area contributed by atoms with Crippen LogP contribution in [0.15, 0.2) is 41.3 Å². The highest BCUT2D eigenvalue weighted by molar-refractivity contribution is 7.89. The average molecular weight is 417 g/mol. The number of ether oxygens (including phenoxy) is 1. The molecule has 1 amide bonds. The zero-order chi connectivity index (χ0) is 21.2. The molecule has 0 aromatic heterocycles. The van der Waals surface area contributed by atoms with E-state index in [0.717, 1.165) is 11.1 Å². The summed E-state index contributed by atoms with van der Waals surface area (Å²) in [5, 5.41) is 2.99. The number of rotatable bonds is 5. The van der Waals surface area contributed by atoms with Crippen molar-refractivity contribution >= 4 is 15.9 Å². The predicted octanol–water partition coefficient (Wildman–Crippen LogP) is 3.12. The molecular weight excluding hydrogens is 388 g/mol. The zero-order valence-electron chi connectivity index (χ0n) is 17.4. The van der Waals surface area contributed by atoms with Crippen LogP contribution in [-0.2, 0) is 14.8 Å². The zero-order valence-corrected chi connectivity index (χ0v) is 18.2. The van der Waals surface area contributed by atoms with Gasteiger partial charge in [-0.15, -0.1) is 0 Å². The smallest absolute Gasteiger partial charge is 0.252 e. The molecule has 7 heteroatoms. The molecule has 2 aromatic rings. The van der Waals surface area contributed by atoms with Gasteiger partial charge in [0.15, 0.2) is 0 Å². The Hall–Kier alpha value is -2.22. The third-order valence-corrected chi connectivity index (χ3v) is 7.33. The summed E-state index contributed by atoms with van der Waals surface area (Å²) in [7, 11) is -3.65. The fourth-order valence-corrected chi connectivity index (χ4v) is 4.77. The van der Waals surface area contributed by atoms with Crippen molar-refractivity contribution in [3.8, 4) is 0 Å². The number of hydrogen-bond acceptors (Lipinski definition) is 4. The van der Waals surface area contributed by atoms with Crippen molar-refractivity contribution in [1.29, 1.82) is 0 Å². The minimum absolute atomic E-state index is 0.133. The lowest BCUT2D eigenvalue weighted by atomic mass is 10.0. The van der Waals surface area contributed by atoms with Gasteiger partial charge in [-0.3, -0.25) is 4.79 Å². The standard InChI is InChI=1S/C22H28N2O4S/c1-15-5-7-19(13-17(15)3)18(4)23-22(25)21-14-20(8-6-16(21)2)29(26,27)24-9-11-28-12-10-24/h5-8,13-14,18H,9-12H2,1-4H3,(H,23,25)/t18-/m0/s1. The van der Waals surface area contributed by atoms with Gasteiger partial charge in [-0.1, -0.05) is 24.3 Å². The number of hydrogen-bond donors (Lipinski definition) is 1. The number of aryl methyl sites for hydroxylation is 3. The molecule has 29 heavy (non-hydrogen) atoms. The van der Waals surface area contributed by atoms with Crippen LogP contribution in [0.5, 0.6) is 0 Å². The lowest BCUT2D eigenvalue weighted by Crippen LogP contribution is -2.40. The van der Waals surface area contributed by atoms with Crippen molar-refractivity contribution in [3.63, 3.8) is 0 Å². The van der Waals surface area contributed by atoms with Crippen molar-refractivity contribution in [2.75, 3.05) is 26.3 Å². The van der Waals surface area contributed by atoms with Gasteiger partial charge in [0.2, 0.25) is 10.0 Å². The van der Waals surface area contributed by atoms with Crippen LogP contribution in [-0.4, -0.2) is 44.9 Å². The van der Waals surface area contributed by atoms with Gasteiger partial charge >= 0.3 is 0 Å². The maximum atomic E-state index is 12.9. The number of sulfonamides is 1. The molecule has 0 bridgehead atoms. The summed E-state index contributed by atoms with van der Waals surface area (Å²) in [6.45, 7) is 9.22. The fraction of sp³-hybridized carbons (Fsp3) is 0.409. The summed E-state index contributed by atoms with van der Waals surface area (Å²) in [5.41, 5.74) is 4.48. The number of benzene rings is 2. The molecule has 2 aromatic carbocycles. The molecule has 1 atom stereocenters. The fourth-order valence-electron chi connectivity index (χ4n) is 3.33. The first-order valence-corrected chi connectivity index (χ1v) is 11.2. The maximum Gasteiger partial charge on any atom is 0.252 e. The SMILES string of the molecule is Cc1ccc([C@H](C)NC(=O)c2cc(S(=O)(=O)N3CCOCC3)ccc2C)cc1C. The molecule has 6 nitrogen and oxygen atoms in total. The van der Waals surface area contributed by atoms with E-state index in [0.29, 0.717) is 31.9 Å². The van der Waals surface area contributed by atoms with Crippen LogP contribution in [0.25, 0.3) is 0 Å². The van der Waals surface area contributed by atoms with Crippen molar-refractivity contribution in [2.24, 2.45) is 0 Å². The lowest BCUT2D eigenvalue weighted by Gasteiger charge is -2.26. The molecular formula is C22H28N2O4S. The third-order valence-electron chi connectivity index (χ3n) is 5.44. The van der Waals surface area contributed by atoms with Crippen molar-refractivity contribution in [3.05, 3.63) is 64.2 Å². The average Bonchev–Trinajstić information content (AvgIpc) is 2.70. The van der Waals surface area contributed by atoms with E-state index in [2.05, 4.69) is 11.4 Å². The second-order valence-electron chi connectivity index (χ2n) is 7.53. The van der Waals surface area contributed by atoms with Crippen LogP contribution < -0.4 is 5.32 Å². The molecule has 0 aliphatic carbocycles. The Labute approximate surface area is 172 Å². The van der Waals surface area contributed by atoms with Crippen molar-refractivity contribution < 1.29 is 17.9 Å². The monoisotopic (exact) mass is 416 g/mol. The molecule has 1 saturated heterocycles. The predicted molar refractivity (Wildman–Crippen MR) is 113 cm³/mol. The molecule has 156 valence electrons. The summed E-state index contributed by atoms with van der Waals surface area (Å²) in [5.74, 6) is -0.285. The highest BCUT2D eigenvalue weighted by atomic mass is 32.2. The second kappa shape index (κ2) is 8.65. The van der Waals surface area contributed by atoms with E-state index in [1.165, 1.54) is 21.5 Å². The summed E-state index contributed by atoms with van der Waals surface area (Å²) in [6.07, 6.45) is 0. The topological polar surface area (TPSA) is 75.7 Å². The normalized spacial score (nSPS) is 16.4. The Morgan fingerprint density at radius 1 is 1.00 bits per heavy atom. The number of morpholine rings is 1. The van der Waals surface area contributed by atoms with E-state index < -0.39 is 10.0 Å². The largest absolute Gasteiger partial charge is 0.379 e. The van der Waals surface area contributed by atoms with E-state index >= 15 is 0 Å². The van der Waals surface area contributed by atoms with Gasteiger partial charge in [-0.05, 0) is 62.1 Å². The van der Waals surface area contributed by atoms with E-state index in [9.17, 15) is 13.2 Å². The molecule has 1 N–H and O–H groups in total. The Kier molecular flexibility index (Phi) is 6.41. The highest BCUT2D eigenvalue weighted by Crippen LogP contribution is 2.22. The summed E-state index contributed by atoms with van der Waals surface area (Å²) >= 11 is 0. The summed E-state index contributed by atoms with van der Waals surface area (Å²) in [6, 6.07) is 10.6. The Balaban J connectivity index is 1.83. The van der Waals surface area contributed by atoms with Gasteiger partial charge in [0, 0.05) is 18.7 Å². The van der Waals surface area contributed by atoms with E-state index in [4.69, 9.17) is 4.74 Å². The van der Waals surface area contributed by atoms with Gasteiger partial charge in [0.25, 0.3) is 5.91 Å².